The summed E-state index contributed by atoms with van der Waals surface area (Å²) in [7, 11) is -3.91. The van der Waals surface area contributed by atoms with E-state index in [9.17, 15) is 19.0 Å². The number of carbonyl (C=O) groups excluding carboxylic acids is 2. The van der Waals surface area contributed by atoms with E-state index in [2.05, 4.69) is 17.9 Å². The number of ether oxygens (including phenoxy) is 2. The molecule has 0 spiro atoms. The van der Waals surface area contributed by atoms with Gasteiger partial charge in [0.2, 0.25) is 0 Å². The molecule has 2 unspecified atom stereocenters. The third-order valence-corrected chi connectivity index (χ3v) is 3.25. The topological polar surface area (TPSA) is 99.1 Å². The molecular weight excluding hydrogens is 287 g/mol. The SMILES string of the molecule is C=CC(=O)OC(C)COP(=O)(O)CCOC(=O)C(=C)C. The molecule has 0 aromatic carbocycles. The fourth-order valence-corrected chi connectivity index (χ4v) is 1.84. The normalized spacial score (nSPS) is 14.8. The molecule has 7 nitrogen and oxygen atoms in total. The van der Waals surface area contributed by atoms with E-state index in [0.717, 1.165) is 6.08 Å². The molecule has 1 N–H and O–H groups in total. The highest BCUT2D eigenvalue weighted by Gasteiger charge is 2.22. The predicted molar refractivity (Wildman–Crippen MR) is 72.2 cm³/mol. The lowest BCUT2D eigenvalue weighted by molar-refractivity contribution is -0.143. The van der Waals surface area contributed by atoms with E-state index in [1.165, 1.54) is 13.8 Å². The van der Waals surface area contributed by atoms with Gasteiger partial charge in [-0.15, -0.1) is 0 Å². The highest BCUT2D eigenvalue weighted by Crippen LogP contribution is 2.41. The molecule has 0 saturated carbocycles. The van der Waals surface area contributed by atoms with Gasteiger partial charge in [-0.2, -0.15) is 0 Å². The van der Waals surface area contributed by atoms with Gasteiger partial charge >= 0.3 is 19.5 Å². The molecule has 0 heterocycles. The Hall–Kier alpha value is -1.43. The molecule has 0 saturated heterocycles. The van der Waals surface area contributed by atoms with E-state index in [-0.39, 0.29) is 24.9 Å². The first-order valence-electron chi connectivity index (χ1n) is 5.80. The van der Waals surface area contributed by atoms with Gasteiger partial charge in [0, 0.05) is 11.6 Å². The lowest BCUT2D eigenvalue weighted by Crippen LogP contribution is -2.19. The maximum absolute atomic E-state index is 11.6. The third kappa shape index (κ3) is 8.63. The molecule has 0 bridgehead atoms. The van der Waals surface area contributed by atoms with Crippen LogP contribution in [0.3, 0.4) is 0 Å². The average molecular weight is 306 g/mol. The summed E-state index contributed by atoms with van der Waals surface area (Å²) < 4.78 is 25.8. The van der Waals surface area contributed by atoms with Crippen molar-refractivity contribution >= 4 is 19.5 Å². The zero-order valence-corrected chi connectivity index (χ0v) is 12.4. The van der Waals surface area contributed by atoms with Crippen molar-refractivity contribution in [1.29, 1.82) is 0 Å². The van der Waals surface area contributed by atoms with Gasteiger partial charge in [-0.25, -0.2) is 9.59 Å². The summed E-state index contributed by atoms with van der Waals surface area (Å²) in [5.74, 6) is -1.29. The lowest BCUT2D eigenvalue weighted by atomic mass is 10.4. The fourth-order valence-electron chi connectivity index (χ4n) is 0.943. The van der Waals surface area contributed by atoms with Crippen molar-refractivity contribution < 1.29 is 33.0 Å². The largest absolute Gasteiger partial charge is 0.462 e. The van der Waals surface area contributed by atoms with Crippen LogP contribution in [0.4, 0.5) is 0 Å². The second-order valence-corrected chi connectivity index (χ2v) is 6.01. The number of carbonyl (C=O) groups is 2. The van der Waals surface area contributed by atoms with Crippen LogP contribution >= 0.6 is 7.60 Å². The summed E-state index contributed by atoms with van der Waals surface area (Å²) in [6, 6.07) is 0. The highest BCUT2D eigenvalue weighted by molar-refractivity contribution is 7.52. The standard InChI is InChI=1S/C12H19O7P/c1-5-11(13)19-10(4)8-18-20(15,16)7-6-17-12(14)9(2)3/h5,10H,1-2,6-8H2,3-4H3,(H,15,16). The summed E-state index contributed by atoms with van der Waals surface area (Å²) >= 11 is 0. The maximum Gasteiger partial charge on any atom is 0.333 e. The van der Waals surface area contributed by atoms with Gasteiger partial charge < -0.3 is 18.9 Å². The quantitative estimate of drug-likeness (QED) is 0.391. The summed E-state index contributed by atoms with van der Waals surface area (Å²) in [5, 5.41) is 0. The molecule has 2 atom stereocenters. The number of hydrogen-bond donors (Lipinski definition) is 1. The monoisotopic (exact) mass is 306 g/mol. The van der Waals surface area contributed by atoms with Crippen LogP contribution in [-0.2, 0) is 28.2 Å². The minimum atomic E-state index is -3.91. The van der Waals surface area contributed by atoms with E-state index in [4.69, 9.17) is 9.26 Å². The van der Waals surface area contributed by atoms with Crippen LogP contribution in [0.2, 0.25) is 0 Å². The molecule has 0 aliphatic rings. The van der Waals surface area contributed by atoms with Crippen molar-refractivity contribution in [2.24, 2.45) is 0 Å². The summed E-state index contributed by atoms with van der Waals surface area (Å²) in [4.78, 5) is 31.4. The van der Waals surface area contributed by atoms with Crippen molar-refractivity contribution in [1.82, 2.24) is 0 Å². The Morgan fingerprint density at radius 3 is 2.55 bits per heavy atom. The van der Waals surface area contributed by atoms with Crippen LogP contribution in [0.5, 0.6) is 0 Å². The fraction of sp³-hybridized carbons (Fsp3) is 0.500. The molecule has 20 heavy (non-hydrogen) atoms. The molecule has 0 amide bonds. The van der Waals surface area contributed by atoms with Crippen molar-refractivity contribution in [2.45, 2.75) is 20.0 Å². The second-order valence-electron chi connectivity index (χ2n) is 4.02. The second kappa shape index (κ2) is 8.68. The maximum atomic E-state index is 11.6. The highest BCUT2D eigenvalue weighted by atomic mass is 31.2. The van der Waals surface area contributed by atoms with Crippen LogP contribution in [0.15, 0.2) is 24.8 Å². The molecule has 0 fully saturated rings. The van der Waals surface area contributed by atoms with Crippen LogP contribution in [0.25, 0.3) is 0 Å². The van der Waals surface area contributed by atoms with E-state index >= 15 is 0 Å². The Morgan fingerprint density at radius 2 is 2.05 bits per heavy atom. The Kier molecular flexibility index (Phi) is 8.06. The minimum Gasteiger partial charge on any atom is -0.462 e. The predicted octanol–water partition coefficient (Wildman–Crippen LogP) is 1.43. The minimum absolute atomic E-state index is 0.198. The molecule has 0 rings (SSSR count). The van der Waals surface area contributed by atoms with Crippen LogP contribution < -0.4 is 0 Å². The first kappa shape index (κ1) is 18.6. The van der Waals surface area contributed by atoms with Crippen LogP contribution in [0.1, 0.15) is 13.8 Å². The molecule has 0 aliphatic carbocycles. The zero-order chi connectivity index (χ0) is 15.8. The smallest absolute Gasteiger partial charge is 0.333 e. The van der Waals surface area contributed by atoms with Crippen molar-refractivity contribution in [2.75, 3.05) is 19.4 Å². The summed E-state index contributed by atoms with van der Waals surface area (Å²) in [6.07, 6.45) is -0.0702. The number of rotatable bonds is 9. The number of esters is 2. The Morgan fingerprint density at radius 1 is 1.45 bits per heavy atom. The van der Waals surface area contributed by atoms with Gasteiger partial charge in [0.05, 0.1) is 12.8 Å². The Balaban J connectivity index is 4.04. The summed E-state index contributed by atoms with van der Waals surface area (Å²) in [6.45, 7) is 9.05. The molecule has 114 valence electrons. The molecule has 0 aromatic rings. The Bertz CT molecular complexity index is 430. The van der Waals surface area contributed by atoms with Gasteiger partial charge in [-0.05, 0) is 13.8 Å². The van der Waals surface area contributed by atoms with Crippen molar-refractivity contribution in [3.05, 3.63) is 24.8 Å². The zero-order valence-electron chi connectivity index (χ0n) is 11.5. The van der Waals surface area contributed by atoms with E-state index in [1.54, 1.807) is 0 Å². The van der Waals surface area contributed by atoms with E-state index in [1.807, 2.05) is 0 Å². The molecule has 8 heteroatoms. The van der Waals surface area contributed by atoms with Gasteiger partial charge in [0.25, 0.3) is 0 Å². The van der Waals surface area contributed by atoms with Crippen molar-refractivity contribution in [3.63, 3.8) is 0 Å². The molecule has 0 aromatic heterocycles. The first-order valence-corrected chi connectivity index (χ1v) is 7.56. The van der Waals surface area contributed by atoms with Crippen LogP contribution in [-0.4, -0.2) is 42.3 Å². The molecular formula is C12H19O7P. The lowest BCUT2D eigenvalue weighted by Gasteiger charge is -2.16. The number of hydrogen-bond acceptors (Lipinski definition) is 6. The van der Waals surface area contributed by atoms with E-state index in [0.29, 0.717) is 0 Å². The van der Waals surface area contributed by atoms with Gasteiger partial charge in [-0.3, -0.25) is 4.57 Å². The van der Waals surface area contributed by atoms with Gasteiger partial charge in [0.15, 0.2) is 0 Å². The summed E-state index contributed by atoms with van der Waals surface area (Å²) in [5.41, 5.74) is 0.198. The van der Waals surface area contributed by atoms with Crippen LogP contribution in [0, 0.1) is 0 Å². The third-order valence-electron chi connectivity index (χ3n) is 1.95. The Labute approximate surface area is 117 Å². The van der Waals surface area contributed by atoms with E-state index < -0.39 is 25.6 Å². The van der Waals surface area contributed by atoms with Gasteiger partial charge in [0.1, 0.15) is 12.7 Å². The molecule has 0 aliphatic heterocycles. The molecule has 0 radical (unpaired) electrons. The average Bonchev–Trinajstić information content (AvgIpc) is 2.35. The van der Waals surface area contributed by atoms with Crippen molar-refractivity contribution in [3.8, 4) is 0 Å². The van der Waals surface area contributed by atoms with Gasteiger partial charge in [-0.1, -0.05) is 13.2 Å². The first-order chi connectivity index (χ1) is 9.18.